The number of hydrogen-bond donors (Lipinski definition) is 2. The molecular weight excluding hydrogens is 376 g/mol. The second-order valence-electron chi connectivity index (χ2n) is 7.63. The fourth-order valence-corrected chi connectivity index (χ4v) is 4.37. The van der Waals surface area contributed by atoms with Crippen LogP contribution in [0.5, 0.6) is 11.5 Å². The molecule has 0 saturated heterocycles. The lowest BCUT2D eigenvalue weighted by Crippen LogP contribution is -2.14. The number of ether oxygens (including phenoxy) is 1. The van der Waals surface area contributed by atoms with Crippen LogP contribution in [0.15, 0.2) is 72.9 Å². The number of hydrogen-bond acceptors (Lipinski definition) is 3. The Labute approximate surface area is 174 Å². The zero-order valence-corrected chi connectivity index (χ0v) is 16.6. The van der Waals surface area contributed by atoms with Crippen LogP contribution in [0, 0.1) is 0 Å². The highest BCUT2D eigenvalue weighted by molar-refractivity contribution is 6.06. The van der Waals surface area contributed by atoms with Crippen molar-refractivity contribution in [3.8, 4) is 11.5 Å². The van der Waals surface area contributed by atoms with Crippen LogP contribution in [0.25, 0.3) is 10.9 Å². The second-order valence-corrected chi connectivity index (χ2v) is 7.63. The van der Waals surface area contributed by atoms with E-state index in [4.69, 9.17) is 4.74 Å². The second kappa shape index (κ2) is 7.26. The summed E-state index contributed by atoms with van der Waals surface area (Å²) in [7, 11) is 1.53. The molecule has 1 atom stereocenters. The van der Waals surface area contributed by atoms with Gasteiger partial charge in [0.1, 0.15) is 0 Å². The first kappa shape index (κ1) is 18.3. The summed E-state index contributed by atoms with van der Waals surface area (Å²) in [5.74, 6) is 0.338. The summed E-state index contributed by atoms with van der Waals surface area (Å²) in [6.07, 6.45) is 2.48. The van der Waals surface area contributed by atoms with E-state index in [-0.39, 0.29) is 17.6 Å². The van der Waals surface area contributed by atoms with Gasteiger partial charge in [-0.1, -0.05) is 42.5 Å². The number of aromatic hydroxyl groups is 1. The van der Waals surface area contributed by atoms with Crippen LogP contribution in [-0.4, -0.2) is 22.7 Å². The van der Waals surface area contributed by atoms with Crippen molar-refractivity contribution >= 4 is 22.5 Å². The van der Waals surface area contributed by atoms with E-state index in [1.165, 1.54) is 12.7 Å². The molecule has 1 amide bonds. The number of nitrogens with zero attached hydrogens (tertiary/aromatic N) is 1. The maximum absolute atomic E-state index is 12.7. The smallest absolute Gasteiger partial charge is 0.225 e. The first-order valence-electron chi connectivity index (χ1n) is 9.96. The van der Waals surface area contributed by atoms with Crippen molar-refractivity contribution in [2.45, 2.75) is 18.9 Å². The van der Waals surface area contributed by atoms with E-state index in [9.17, 15) is 9.90 Å². The molecule has 0 unspecified atom stereocenters. The fraction of sp³-hybridized carbons (Fsp3) is 0.160. The van der Waals surface area contributed by atoms with Gasteiger partial charge in [0, 0.05) is 30.5 Å². The van der Waals surface area contributed by atoms with Crippen molar-refractivity contribution in [1.29, 1.82) is 0 Å². The number of carbonyl (C=O) groups is 1. The number of benzene rings is 3. The topological polar surface area (TPSA) is 63.5 Å². The molecule has 0 aliphatic carbocycles. The summed E-state index contributed by atoms with van der Waals surface area (Å²) in [6, 6.07) is 21.7. The molecule has 1 aromatic heterocycles. The number of amides is 1. The summed E-state index contributed by atoms with van der Waals surface area (Å²) >= 11 is 0. The molecule has 3 aromatic carbocycles. The molecule has 4 aromatic rings. The molecule has 0 bridgehead atoms. The normalized spacial score (nSPS) is 15.6. The number of anilines is 1. The average Bonchev–Trinajstić information content (AvgIpc) is 3.05. The lowest BCUT2D eigenvalue weighted by Gasteiger charge is -2.16. The van der Waals surface area contributed by atoms with Gasteiger partial charge < -0.3 is 19.7 Å². The molecule has 0 fully saturated rings. The van der Waals surface area contributed by atoms with E-state index >= 15 is 0 Å². The summed E-state index contributed by atoms with van der Waals surface area (Å²) in [5, 5.41) is 14.1. The third-order valence-electron chi connectivity index (χ3n) is 5.78. The molecule has 1 aliphatic rings. The Morgan fingerprint density at radius 1 is 1.10 bits per heavy atom. The number of nitrogens with one attached hydrogen (secondary N) is 1. The summed E-state index contributed by atoms with van der Waals surface area (Å²) in [4.78, 5) is 12.7. The van der Waals surface area contributed by atoms with Crippen molar-refractivity contribution in [3.05, 3.63) is 89.6 Å². The van der Waals surface area contributed by atoms with Gasteiger partial charge in [0.2, 0.25) is 5.91 Å². The lowest BCUT2D eigenvalue weighted by atomic mass is 9.88. The Hall–Kier alpha value is -3.73. The maximum atomic E-state index is 12.7. The van der Waals surface area contributed by atoms with E-state index in [1.807, 2.05) is 42.5 Å². The number of aromatic nitrogens is 1. The molecule has 150 valence electrons. The van der Waals surface area contributed by atoms with Crippen molar-refractivity contribution in [3.63, 3.8) is 0 Å². The highest BCUT2D eigenvalue weighted by Gasteiger charge is 2.28. The third-order valence-corrected chi connectivity index (χ3v) is 5.78. The van der Waals surface area contributed by atoms with E-state index in [0.717, 1.165) is 34.3 Å². The molecule has 5 rings (SSSR count). The Morgan fingerprint density at radius 3 is 2.73 bits per heavy atom. The molecule has 5 nitrogen and oxygen atoms in total. The minimum atomic E-state index is -0.136. The largest absolute Gasteiger partial charge is 0.504 e. The van der Waals surface area contributed by atoms with Gasteiger partial charge in [0.15, 0.2) is 11.5 Å². The minimum absolute atomic E-state index is 0.0228. The molecular formula is C25H22N2O3. The van der Waals surface area contributed by atoms with Crippen LogP contribution in [0.2, 0.25) is 0 Å². The number of phenols is 1. The molecule has 5 heteroatoms. The fourth-order valence-electron chi connectivity index (χ4n) is 4.37. The Morgan fingerprint density at radius 2 is 1.93 bits per heavy atom. The first-order valence-corrected chi connectivity index (χ1v) is 9.96. The third kappa shape index (κ3) is 3.08. The SMILES string of the molecule is COc1cc([C@H]2CC(=O)Nc3cccc4c3c2cn4Cc2ccccc2)ccc1O. The van der Waals surface area contributed by atoms with E-state index < -0.39 is 0 Å². The van der Waals surface area contributed by atoms with Gasteiger partial charge in [-0.2, -0.15) is 0 Å². The zero-order valence-electron chi connectivity index (χ0n) is 16.6. The monoisotopic (exact) mass is 398 g/mol. The molecule has 0 radical (unpaired) electrons. The average molecular weight is 398 g/mol. The van der Waals surface area contributed by atoms with Crippen LogP contribution in [0.1, 0.15) is 29.0 Å². The van der Waals surface area contributed by atoms with Crippen molar-refractivity contribution < 1.29 is 14.6 Å². The maximum Gasteiger partial charge on any atom is 0.225 e. The highest BCUT2D eigenvalue weighted by atomic mass is 16.5. The van der Waals surface area contributed by atoms with Crippen LogP contribution in [-0.2, 0) is 11.3 Å². The summed E-state index contributed by atoms with van der Waals surface area (Å²) in [6.45, 7) is 0.750. The van der Waals surface area contributed by atoms with Crippen LogP contribution >= 0.6 is 0 Å². The predicted octanol–water partition coefficient (Wildman–Crippen LogP) is 4.88. The van der Waals surface area contributed by atoms with Gasteiger partial charge in [-0.3, -0.25) is 4.79 Å². The minimum Gasteiger partial charge on any atom is -0.504 e. The van der Waals surface area contributed by atoms with Crippen LogP contribution < -0.4 is 10.1 Å². The van der Waals surface area contributed by atoms with Gasteiger partial charge >= 0.3 is 0 Å². The number of phenolic OH excluding ortho intramolecular Hbond substituents is 1. The van der Waals surface area contributed by atoms with Gasteiger partial charge in [-0.05, 0) is 41.0 Å². The number of rotatable bonds is 4. The van der Waals surface area contributed by atoms with Gasteiger partial charge in [-0.15, -0.1) is 0 Å². The lowest BCUT2D eigenvalue weighted by molar-refractivity contribution is -0.116. The Balaban J connectivity index is 1.69. The van der Waals surface area contributed by atoms with Crippen molar-refractivity contribution in [2.75, 3.05) is 12.4 Å². The van der Waals surface area contributed by atoms with Gasteiger partial charge in [0.25, 0.3) is 0 Å². The zero-order chi connectivity index (χ0) is 20.7. The van der Waals surface area contributed by atoms with Crippen LogP contribution in [0.4, 0.5) is 5.69 Å². The van der Waals surface area contributed by atoms with Crippen molar-refractivity contribution in [2.24, 2.45) is 0 Å². The quantitative estimate of drug-likeness (QED) is 0.515. The predicted molar refractivity (Wildman–Crippen MR) is 117 cm³/mol. The molecule has 0 spiro atoms. The van der Waals surface area contributed by atoms with E-state index in [0.29, 0.717) is 12.2 Å². The van der Waals surface area contributed by atoms with E-state index in [2.05, 4.69) is 34.3 Å². The Kier molecular flexibility index (Phi) is 4.43. The van der Waals surface area contributed by atoms with Gasteiger partial charge in [0.05, 0.1) is 18.3 Å². The molecule has 0 saturated carbocycles. The summed E-state index contributed by atoms with van der Waals surface area (Å²) < 4.78 is 7.55. The van der Waals surface area contributed by atoms with Crippen molar-refractivity contribution in [1.82, 2.24) is 4.57 Å². The first-order chi connectivity index (χ1) is 14.6. The van der Waals surface area contributed by atoms with Gasteiger partial charge in [-0.25, -0.2) is 0 Å². The Bertz CT molecular complexity index is 1240. The standard InChI is InChI=1S/C25H22N2O3/c1-30-23-12-17(10-11-22(23)28)18-13-24(29)26-20-8-5-9-21-25(20)19(18)15-27(21)14-16-6-3-2-4-7-16/h2-12,15,18,28H,13-14H2,1H3,(H,26,29)/t18-/m1/s1. The number of methoxy groups -OCH3 is 1. The number of carbonyl (C=O) groups excluding carboxylic acids is 1. The summed E-state index contributed by atoms with van der Waals surface area (Å²) in [5.41, 5.74) is 5.19. The molecule has 1 aliphatic heterocycles. The van der Waals surface area contributed by atoms with Crippen LogP contribution in [0.3, 0.4) is 0 Å². The highest BCUT2D eigenvalue weighted by Crippen LogP contribution is 2.42. The molecule has 2 N–H and O–H groups in total. The molecule has 2 heterocycles. The van der Waals surface area contributed by atoms with E-state index in [1.54, 1.807) is 6.07 Å². The molecule has 30 heavy (non-hydrogen) atoms.